The highest BCUT2D eigenvalue weighted by molar-refractivity contribution is 6.00. The van der Waals surface area contributed by atoms with Gasteiger partial charge in [-0.1, -0.05) is 12.1 Å². The number of ether oxygens (including phenoxy) is 1. The van der Waals surface area contributed by atoms with Crippen molar-refractivity contribution in [2.45, 2.75) is 25.0 Å². The molecule has 0 aliphatic carbocycles. The maximum atomic E-state index is 13.3. The number of benzene rings is 2. The zero-order chi connectivity index (χ0) is 16.7. The van der Waals surface area contributed by atoms with Crippen LogP contribution in [0.5, 0.6) is 5.75 Å². The summed E-state index contributed by atoms with van der Waals surface area (Å²) in [5.74, 6) is 0.605. The van der Waals surface area contributed by atoms with Gasteiger partial charge in [0.25, 0.3) is 0 Å². The SMILES string of the molecule is COc1ccc(N2C(=O)C3CCCN3C2c2ccc(F)cc2)cc1. The predicted octanol–water partition coefficient (Wildman–Crippen LogP) is 3.34. The molecule has 0 N–H and O–H groups in total. The van der Waals surface area contributed by atoms with Crippen molar-refractivity contribution in [2.24, 2.45) is 0 Å². The number of rotatable bonds is 3. The number of amides is 1. The van der Waals surface area contributed by atoms with Crippen LogP contribution in [0.2, 0.25) is 0 Å². The summed E-state index contributed by atoms with van der Waals surface area (Å²) < 4.78 is 18.5. The summed E-state index contributed by atoms with van der Waals surface area (Å²) in [7, 11) is 1.62. The molecule has 4 nitrogen and oxygen atoms in total. The Morgan fingerprint density at radius 1 is 1.08 bits per heavy atom. The zero-order valence-electron chi connectivity index (χ0n) is 13.5. The highest BCUT2D eigenvalue weighted by atomic mass is 19.1. The minimum atomic E-state index is -0.267. The van der Waals surface area contributed by atoms with Gasteiger partial charge in [0, 0.05) is 12.2 Å². The van der Waals surface area contributed by atoms with Gasteiger partial charge in [-0.3, -0.25) is 14.6 Å². The van der Waals surface area contributed by atoms with E-state index < -0.39 is 0 Å². The summed E-state index contributed by atoms with van der Waals surface area (Å²) in [6.07, 6.45) is 1.72. The first kappa shape index (κ1) is 15.1. The number of nitrogens with zero attached hydrogens (tertiary/aromatic N) is 2. The molecule has 0 bridgehead atoms. The van der Waals surface area contributed by atoms with Crippen LogP contribution in [0, 0.1) is 5.82 Å². The molecule has 0 saturated carbocycles. The molecule has 0 spiro atoms. The Labute approximate surface area is 140 Å². The van der Waals surface area contributed by atoms with Crippen LogP contribution in [-0.4, -0.2) is 30.5 Å². The summed E-state index contributed by atoms with van der Waals surface area (Å²) >= 11 is 0. The maximum Gasteiger partial charge on any atom is 0.246 e. The lowest BCUT2D eigenvalue weighted by atomic mass is 10.1. The number of halogens is 1. The molecule has 2 unspecified atom stereocenters. The van der Waals surface area contributed by atoms with E-state index in [4.69, 9.17) is 4.74 Å². The number of methoxy groups -OCH3 is 1. The quantitative estimate of drug-likeness (QED) is 0.867. The van der Waals surface area contributed by atoms with Crippen molar-refractivity contribution in [3.63, 3.8) is 0 Å². The van der Waals surface area contributed by atoms with E-state index in [1.165, 1.54) is 12.1 Å². The van der Waals surface area contributed by atoms with Crippen molar-refractivity contribution in [3.8, 4) is 5.75 Å². The molecule has 124 valence electrons. The van der Waals surface area contributed by atoms with Crippen molar-refractivity contribution in [1.82, 2.24) is 4.90 Å². The standard InChI is InChI=1S/C19H19FN2O2/c1-24-16-10-8-15(9-11-16)22-18(13-4-6-14(20)7-5-13)21-12-2-3-17(21)19(22)23/h4-11,17-18H,2-3,12H2,1H3. The molecule has 5 heteroatoms. The topological polar surface area (TPSA) is 32.8 Å². The number of fused-ring (bicyclic) bond motifs is 1. The van der Waals surface area contributed by atoms with Crippen LogP contribution >= 0.6 is 0 Å². The molecule has 2 aliphatic heterocycles. The summed E-state index contributed by atoms with van der Waals surface area (Å²) in [6, 6.07) is 13.9. The van der Waals surface area contributed by atoms with Crippen LogP contribution in [0.3, 0.4) is 0 Å². The van der Waals surface area contributed by atoms with Gasteiger partial charge >= 0.3 is 0 Å². The van der Waals surface area contributed by atoms with E-state index in [9.17, 15) is 9.18 Å². The third-order valence-electron chi connectivity index (χ3n) is 4.89. The Balaban J connectivity index is 1.76. The predicted molar refractivity (Wildman–Crippen MR) is 89.3 cm³/mol. The van der Waals surface area contributed by atoms with Gasteiger partial charge in [0.1, 0.15) is 17.7 Å². The van der Waals surface area contributed by atoms with Crippen LogP contribution in [0.25, 0.3) is 0 Å². The van der Waals surface area contributed by atoms with Crippen molar-refractivity contribution in [3.05, 3.63) is 59.9 Å². The van der Waals surface area contributed by atoms with Crippen LogP contribution in [-0.2, 0) is 4.79 Å². The van der Waals surface area contributed by atoms with Gasteiger partial charge in [-0.25, -0.2) is 4.39 Å². The van der Waals surface area contributed by atoms with Gasteiger partial charge in [-0.2, -0.15) is 0 Å². The van der Waals surface area contributed by atoms with Gasteiger partial charge in [-0.15, -0.1) is 0 Å². The average Bonchev–Trinajstić information content (AvgIpc) is 3.18. The first-order valence-electron chi connectivity index (χ1n) is 8.17. The van der Waals surface area contributed by atoms with Crippen LogP contribution in [0.1, 0.15) is 24.6 Å². The summed E-state index contributed by atoms with van der Waals surface area (Å²) in [4.78, 5) is 17.0. The second-order valence-corrected chi connectivity index (χ2v) is 6.23. The molecule has 1 amide bonds. The third-order valence-corrected chi connectivity index (χ3v) is 4.89. The van der Waals surface area contributed by atoms with E-state index in [2.05, 4.69) is 4.90 Å². The first-order chi connectivity index (χ1) is 11.7. The number of carbonyl (C=O) groups excluding carboxylic acids is 1. The van der Waals surface area contributed by atoms with Gasteiger partial charge in [0.15, 0.2) is 0 Å². The molecule has 2 aromatic rings. The fourth-order valence-corrected chi connectivity index (χ4v) is 3.76. The number of anilines is 1. The molecule has 2 saturated heterocycles. The fourth-order valence-electron chi connectivity index (χ4n) is 3.76. The van der Waals surface area contributed by atoms with E-state index >= 15 is 0 Å². The molecule has 2 aromatic carbocycles. The van der Waals surface area contributed by atoms with Gasteiger partial charge in [0.05, 0.1) is 13.2 Å². The Kier molecular flexibility index (Phi) is 3.73. The number of carbonyl (C=O) groups is 1. The summed E-state index contributed by atoms with van der Waals surface area (Å²) in [5.41, 5.74) is 1.77. The van der Waals surface area contributed by atoms with Crippen LogP contribution in [0.4, 0.5) is 10.1 Å². The average molecular weight is 326 g/mol. The van der Waals surface area contributed by atoms with Crippen molar-refractivity contribution >= 4 is 11.6 Å². The normalized spacial score (nSPS) is 23.6. The molecule has 0 aromatic heterocycles. The van der Waals surface area contributed by atoms with Gasteiger partial charge in [-0.05, 0) is 54.8 Å². The second kappa shape index (κ2) is 5.91. The van der Waals surface area contributed by atoms with Crippen molar-refractivity contribution < 1.29 is 13.9 Å². The van der Waals surface area contributed by atoms with Crippen molar-refractivity contribution in [2.75, 3.05) is 18.6 Å². The highest BCUT2D eigenvalue weighted by Gasteiger charge is 2.49. The molecule has 2 atom stereocenters. The van der Waals surface area contributed by atoms with E-state index in [-0.39, 0.29) is 23.9 Å². The molecule has 2 heterocycles. The van der Waals surface area contributed by atoms with Gasteiger partial charge in [0.2, 0.25) is 5.91 Å². The minimum absolute atomic E-state index is 0.0813. The molecule has 2 aliphatic rings. The van der Waals surface area contributed by atoms with E-state index in [0.717, 1.165) is 36.4 Å². The fraction of sp³-hybridized carbons (Fsp3) is 0.316. The molecule has 0 radical (unpaired) electrons. The molecular weight excluding hydrogens is 307 g/mol. The van der Waals surface area contributed by atoms with Crippen molar-refractivity contribution in [1.29, 1.82) is 0 Å². The molecular formula is C19H19FN2O2. The lowest BCUT2D eigenvalue weighted by molar-refractivity contribution is -0.119. The smallest absolute Gasteiger partial charge is 0.246 e. The lowest BCUT2D eigenvalue weighted by Crippen LogP contribution is -2.32. The van der Waals surface area contributed by atoms with Gasteiger partial charge < -0.3 is 4.74 Å². The number of hydrogen-bond acceptors (Lipinski definition) is 3. The minimum Gasteiger partial charge on any atom is -0.497 e. The summed E-state index contributed by atoms with van der Waals surface area (Å²) in [6.45, 7) is 0.880. The molecule has 4 rings (SSSR count). The zero-order valence-corrected chi connectivity index (χ0v) is 13.5. The lowest BCUT2D eigenvalue weighted by Gasteiger charge is -2.29. The highest BCUT2D eigenvalue weighted by Crippen LogP contribution is 2.42. The molecule has 24 heavy (non-hydrogen) atoms. The van der Waals surface area contributed by atoms with E-state index in [1.54, 1.807) is 19.2 Å². The maximum absolute atomic E-state index is 13.3. The Bertz CT molecular complexity index is 745. The van der Waals surface area contributed by atoms with E-state index in [0.29, 0.717) is 0 Å². The third kappa shape index (κ3) is 2.36. The Morgan fingerprint density at radius 3 is 2.46 bits per heavy atom. The Morgan fingerprint density at radius 2 is 1.79 bits per heavy atom. The van der Waals surface area contributed by atoms with Crippen LogP contribution < -0.4 is 9.64 Å². The Hall–Kier alpha value is -2.40. The van der Waals surface area contributed by atoms with Crippen LogP contribution in [0.15, 0.2) is 48.5 Å². The summed E-state index contributed by atoms with van der Waals surface area (Å²) in [5, 5.41) is 0. The first-order valence-corrected chi connectivity index (χ1v) is 8.17. The molecule has 2 fully saturated rings. The largest absolute Gasteiger partial charge is 0.497 e. The second-order valence-electron chi connectivity index (χ2n) is 6.23. The monoisotopic (exact) mass is 326 g/mol. The van der Waals surface area contributed by atoms with E-state index in [1.807, 2.05) is 29.2 Å². The number of hydrogen-bond donors (Lipinski definition) is 0.